The molecule has 3 aliphatic rings. The van der Waals surface area contributed by atoms with Crippen molar-refractivity contribution in [3.63, 3.8) is 0 Å². The molecule has 1 aliphatic carbocycles. The Kier molecular flexibility index (Phi) is 2.89. The van der Waals surface area contributed by atoms with E-state index in [-0.39, 0.29) is 0 Å². The molecule has 3 rings (SSSR count). The number of rotatable bonds is 5. The summed E-state index contributed by atoms with van der Waals surface area (Å²) in [7, 11) is 0. The number of imidazole rings is 1. The van der Waals surface area contributed by atoms with Crippen molar-refractivity contribution in [1.29, 1.82) is 0 Å². The van der Waals surface area contributed by atoms with Gasteiger partial charge >= 0.3 is 0 Å². The molecule has 0 aromatic rings. The Morgan fingerprint density at radius 3 is 2.83 bits per heavy atom. The molecular formula is C13H19N5. The molecule has 0 unspecified atom stereocenters. The Balaban J connectivity index is 2.09. The van der Waals surface area contributed by atoms with Gasteiger partial charge in [0.25, 0.3) is 0 Å². The van der Waals surface area contributed by atoms with Gasteiger partial charge in [-0.05, 0) is 26.2 Å². The number of nitrogens with zero attached hydrogens (tertiary/aromatic N) is 4. The highest BCUT2D eigenvalue weighted by Crippen LogP contribution is 2.41. The normalized spacial score (nSPS) is 15.2. The summed E-state index contributed by atoms with van der Waals surface area (Å²) in [5, 5.41) is 3.37. The first-order chi connectivity index (χ1) is 8.85. The van der Waals surface area contributed by atoms with E-state index in [9.17, 15) is 0 Å². The van der Waals surface area contributed by atoms with Crippen LogP contribution >= 0.6 is 0 Å². The maximum absolute atomic E-state index is 4.79. The minimum Gasteiger partial charge on any atom is -0.368 e. The molecule has 0 radical (unpaired) electrons. The first-order valence-electron chi connectivity index (χ1n) is 6.80. The van der Waals surface area contributed by atoms with Crippen LogP contribution in [0, 0.1) is 0 Å². The molecule has 0 saturated heterocycles. The highest BCUT2D eigenvalue weighted by molar-refractivity contribution is 5.67. The van der Waals surface area contributed by atoms with Gasteiger partial charge in [0.05, 0.1) is 0 Å². The smallest absolute Gasteiger partial charge is 0.165 e. The molecule has 18 heavy (non-hydrogen) atoms. The van der Waals surface area contributed by atoms with Crippen LogP contribution in [0.4, 0.5) is 5.82 Å². The van der Waals surface area contributed by atoms with Crippen LogP contribution in [-0.4, -0.2) is 26.1 Å². The van der Waals surface area contributed by atoms with Crippen LogP contribution in [0.5, 0.6) is 0 Å². The van der Waals surface area contributed by atoms with Gasteiger partial charge in [0.2, 0.25) is 0 Å². The number of hydrogen-bond donors (Lipinski definition) is 1. The maximum atomic E-state index is 4.79. The third-order valence-electron chi connectivity index (χ3n) is 3.36. The Morgan fingerprint density at radius 2 is 2.17 bits per heavy atom. The fourth-order valence-electron chi connectivity index (χ4n) is 2.29. The van der Waals surface area contributed by atoms with Crippen LogP contribution in [0.2, 0.25) is 0 Å². The number of hydrogen-bond acceptors (Lipinski definition) is 4. The first kappa shape index (κ1) is 11.4. The second-order valence-corrected chi connectivity index (χ2v) is 4.81. The average molecular weight is 245 g/mol. The van der Waals surface area contributed by atoms with Gasteiger partial charge < -0.3 is 9.88 Å². The Labute approximate surface area is 107 Å². The van der Waals surface area contributed by atoms with E-state index in [1.807, 2.05) is 0 Å². The summed E-state index contributed by atoms with van der Waals surface area (Å²) in [4.78, 5) is 13.5. The van der Waals surface area contributed by atoms with E-state index < -0.39 is 0 Å². The zero-order valence-electron chi connectivity index (χ0n) is 11.0. The summed E-state index contributed by atoms with van der Waals surface area (Å²) >= 11 is 0. The summed E-state index contributed by atoms with van der Waals surface area (Å²) in [5.41, 5.74) is 0.898. The molecule has 96 valence electrons. The zero-order chi connectivity index (χ0) is 12.5. The van der Waals surface area contributed by atoms with E-state index in [0.29, 0.717) is 5.92 Å². The van der Waals surface area contributed by atoms with E-state index in [4.69, 9.17) is 4.98 Å². The molecule has 2 aliphatic heterocycles. The molecule has 1 saturated carbocycles. The Bertz CT molecular complexity index is 515. The second kappa shape index (κ2) is 4.55. The van der Waals surface area contributed by atoms with Gasteiger partial charge in [-0.15, -0.1) is 0 Å². The number of fused-ring (bicyclic) bond motifs is 1. The summed E-state index contributed by atoms with van der Waals surface area (Å²) in [5.74, 6) is 3.65. The lowest BCUT2D eigenvalue weighted by Crippen LogP contribution is -2.15. The summed E-state index contributed by atoms with van der Waals surface area (Å²) in [6.07, 6.45) is 5.21. The van der Waals surface area contributed by atoms with Crippen molar-refractivity contribution in [2.24, 2.45) is 0 Å². The average Bonchev–Trinajstić information content (AvgIpc) is 3.12. The third kappa shape index (κ3) is 1.83. The van der Waals surface area contributed by atoms with Crippen molar-refractivity contribution in [3.05, 3.63) is 12.2 Å². The topological polar surface area (TPSA) is 55.6 Å². The van der Waals surface area contributed by atoms with Crippen molar-refractivity contribution in [2.75, 3.05) is 11.9 Å². The van der Waals surface area contributed by atoms with Crippen LogP contribution in [0.1, 0.15) is 44.9 Å². The molecule has 0 atom stereocenters. The van der Waals surface area contributed by atoms with Crippen LogP contribution in [-0.2, 0) is 6.54 Å². The Morgan fingerprint density at radius 1 is 1.33 bits per heavy atom. The van der Waals surface area contributed by atoms with Gasteiger partial charge in [0.15, 0.2) is 17.3 Å². The zero-order valence-corrected chi connectivity index (χ0v) is 11.0. The second-order valence-electron chi connectivity index (χ2n) is 4.81. The summed E-state index contributed by atoms with van der Waals surface area (Å²) in [6, 6.07) is 0. The Hall–Kier alpha value is -1.65. The highest BCUT2D eigenvalue weighted by atomic mass is 15.2. The van der Waals surface area contributed by atoms with Crippen LogP contribution in [0.15, 0.2) is 6.33 Å². The van der Waals surface area contributed by atoms with Crippen LogP contribution < -0.4 is 5.32 Å². The van der Waals surface area contributed by atoms with E-state index in [2.05, 4.69) is 33.7 Å². The van der Waals surface area contributed by atoms with Crippen molar-refractivity contribution in [3.8, 4) is 11.5 Å². The molecule has 0 amide bonds. The van der Waals surface area contributed by atoms with Crippen molar-refractivity contribution < 1.29 is 0 Å². The summed E-state index contributed by atoms with van der Waals surface area (Å²) in [6.45, 7) is 6.12. The molecule has 1 fully saturated rings. The van der Waals surface area contributed by atoms with E-state index in [0.717, 1.165) is 36.8 Å². The highest BCUT2D eigenvalue weighted by Gasteiger charge is 2.31. The minimum absolute atomic E-state index is 0.619. The molecule has 5 heteroatoms. The minimum atomic E-state index is 0.619. The lowest BCUT2D eigenvalue weighted by molar-refractivity contribution is 0.668. The largest absolute Gasteiger partial charge is 0.368 e. The van der Waals surface area contributed by atoms with Crippen molar-refractivity contribution >= 4 is 5.82 Å². The molecule has 0 spiro atoms. The molecular weight excluding hydrogens is 226 g/mol. The quantitative estimate of drug-likeness (QED) is 0.879. The lowest BCUT2D eigenvalue weighted by Gasteiger charge is -2.17. The number of anilines is 1. The van der Waals surface area contributed by atoms with Gasteiger partial charge in [-0.2, -0.15) is 0 Å². The van der Waals surface area contributed by atoms with Crippen molar-refractivity contribution in [1.82, 2.24) is 19.5 Å². The van der Waals surface area contributed by atoms with E-state index in [1.54, 1.807) is 6.33 Å². The molecule has 0 aromatic heterocycles. The number of aromatic nitrogens is 4. The van der Waals surface area contributed by atoms with Gasteiger partial charge in [-0.3, -0.25) is 0 Å². The van der Waals surface area contributed by atoms with Gasteiger partial charge in [-0.1, -0.05) is 6.92 Å². The standard InChI is InChI=1S/C13H19N5/c1-3-7-14-11-10-13(16-8-15-10)18(4-2)12(17-11)9-5-6-9/h8-9,14H,3-7H2,1-2H3. The molecule has 0 aromatic carbocycles. The third-order valence-corrected chi connectivity index (χ3v) is 3.36. The molecule has 1 N–H and O–H groups in total. The predicted octanol–water partition coefficient (Wildman–Crippen LogP) is 2.50. The SMILES string of the molecule is CCCNc1nc(C2CC2)n(CC)c2ncnc1-2. The number of nitrogens with one attached hydrogen (secondary N) is 1. The maximum Gasteiger partial charge on any atom is 0.165 e. The monoisotopic (exact) mass is 245 g/mol. The lowest BCUT2D eigenvalue weighted by atomic mass is 10.3. The van der Waals surface area contributed by atoms with Gasteiger partial charge in [-0.25, -0.2) is 15.0 Å². The predicted molar refractivity (Wildman–Crippen MR) is 70.9 cm³/mol. The van der Waals surface area contributed by atoms with Gasteiger partial charge in [0.1, 0.15) is 12.2 Å². The van der Waals surface area contributed by atoms with Crippen molar-refractivity contribution in [2.45, 2.75) is 45.6 Å². The molecule has 2 heterocycles. The summed E-state index contributed by atoms with van der Waals surface area (Å²) < 4.78 is 2.21. The van der Waals surface area contributed by atoms with Gasteiger partial charge in [0, 0.05) is 19.0 Å². The fourth-order valence-corrected chi connectivity index (χ4v) is 2.29. The van der Waals surface area contributed by atoms with Crippen LogP contribution in [0.3, 0.4) is 0 Å². The first-order valence-corrected chi connectivity index (χ1v) is 6.80. The fraction of sp³-hybridized carbons (Fsp3) is 0.615. The van der Waals surface area contributed by atoms with Crippen LogP contribution in [0.25, 0.3) is 11.5 Å². The molecule has 5 nitrogen and oxygen atoms in total. The van der Waals surface area contributed by atoms with E-state index >= 15 is 0 Å². The van der Waals surface area contributed by atoms with E-state index in [1.165, 1.54) is 18.7 Å². The molecule has 0 bridgehead atoms.